The van der Waals surface area contributed by atoms with E-state index < -0.39 is 0 Å². The van der Waals surface area contributed by atoms with E-state index in [9.17, 15) is 4.79 Å². The second-order valence-electron chi connectivity index (χ2n) is 5.17. The van der Waals surface area contributed by atoms with Crippen molar-refractivity contribution in [1.29, 1.82) is 0 Å². The third kappa shape index (κ3) is 3.12. The molecule has 0 radical (unpaired) electrons. The number of thiazole rings is 1. The van der Waals surface area contributed by atoms with Gasteiger partial charge in [0.2, 0.25) is 0 Å². The summed E-state index contributed by atoms with van der Waals surface area (Å²) in [4.78, 5) is 19.3. The average molecular weight is 324 g/mol. The predicted octanol–water partition coefficient (Wildman–Crippen LogP) is 3.49. The number of aromatic nitrogens is 3. The van der Waals surface area contributed by atoms with Gasteiger partial charge in [-0.25, -0.2) is 4.98 Å². The molecule has 116 valence electrons. The minimum absolute atomic E-state index is 0.173. The summed E-state index contributed by atoms with van der Waals surface area (Å²) in [5.41, 5.74) is 2.65. The quantitative estimate of drug-likeness (QED) is 0.740. The Kier molecular flexibility index (Phi) is 4.16. The Bertz CT molecular complexity index is 808. The first kappa shape index (κ1) is 15.3. The van der Waals surface area contributed by atoms with Crippen molar-refractivity contribution in [2.24, 2.45) is 0 Å². The first-order chi connectivity index (χ1) is 11.1. The first-order valence-corrected chi connectivity index (χ1v) is 7.99. The number of aryl methyl sites for hydroxylation is 2. The maximum Gasteiger partial charge on any atom is 0.288 e. The molecular formula is C17H16N4OS. The van der Waals surface area contributed by atoms with E-state index in [0.29, 0.717) is 10.8 Å². The summed E-state index contributed by atoms with van der Waals surface area (Å²) in [6.07, 6.45) is 0. The second kappa shape index (κ2) is 6.26. The zero-order valence-electron chi connectivity index (χ0n) is 13.1. The predicted molar refractivity (Wildman–Crippen MR) is 91.8 cm³/mol. The number of hydrogen-bond acceptors (Lipinski definition) is 5. The summed E-state index contributed by atoms with van der Waals surface area (Å²) in [5.74, 6) is 0.327. The molecule has 0 bridgehead atoms. The summed E-state index contributed by atoms with van der Waals surface area (Å²) < 4.78 is 0. The van der Waals surface area contributed by atoms with Crippen LogP contribution in [0.4, 0.5) is 5.82 Å². The Labute approximate surface area is 138 Å². The van der Waals surface area contributed by atoms with E-state index in [0.717, 1.165) is 21.8 Å². The Morgan fingerprint density at radius 1 is 1.04 bits per heavy atom. The van der Waals surface area contributed by atoms with Gasteiger partial charge in [-0.3, -0.25) is 9.69 Å². The Morgan fingerprint density at radius 3 is 2.35 bits per heavy atom. The van der Waals surface area contributed by atoms with Crippen LogP contribution in [0.15, 0.2) is 42.5 Å². The van der Waals surface area contributed by atoms with Gasteiger partial charge in [-0.1, -0.05) is 30.3 Å². The Balaban J connectivity index is 1.82. The molecule has 6 heteroatoms. The van der Waals surface area contributed by atoms with Crippen LogP contribution in [0.2, 0.25) is 0 Å². The minimum Gasteiger partial charge on any atom is -0.292 e. The van der Waals surface area contributed by atoms with Crippen molar-refractivity contribution in [3.05, 3.63) is 58.0 Å². The van der Waals surface area contributed by atoms with Gasteiger partial charge >= 0.3 is 0 Å². The van der Waals surface area contributed by atoms with Gasteiger partial charge in [-0.2, -0.15) is 0 Å². The number of anilines is 1. The Morgan fingerprint density at radius 2 is 1.78 bits per heavy atom. The van der Waals surface area contributed by atoms with Gasteiger partial charge in [0.15, 0.2) is 10.8 Å². The van der Waals surface area contributed by atoms with Gasteiger partial charge in [-0.05, 0) is 26.0 Å². The number of amides is 1. The van der Waals surface area contributed by atoms with E-state index >= 15 is 0 Å². The topological polar surface area (TPSA) is 59.0 Å². The van der Waals surface area contributed by atoms with Crippen molar-refractivity contribution in [3.63, 3.8) is 0 Å². The lowest BCUT2D eigenvalue weighted by atomic mass is 10.1. The number of nitrogens with zero attached hydrogens (tertiary/aromatic N) is 4. The van der Waals surface area contributed by atoms with Crippen LogP contribution in [-0.4, -0.2) is 28.1 Å². The van der Waals surface area contributed by atoms with Gasteiger partial charge < -0.3 is 0 Å². The molecule has 0 saturated carbocycles. The van der Waals surface area contributed by atoms with Crippen molar-refractivity contribution >= 4 is 23.1 Å². The molecule has 0 fully saturated rings. The van der Waals surface area contributed by atoms with E-state index in [1.54, 1.807) is 13.1 Å². The summed E-state index contributed by atoms with van der Waals surface area (Å²) in [6, 6.07) is 13.5. The fourth-order valence-electron chi connectivity index (χ4n) is 2.08. The Hall–Kier alpha value is -2.60. The van der Waals surface area contributed by atoms with Crippen LogP contribution in [0.1, 0.15) is 20.4 Å². The standard InChI is InChI=1S/C17H16N4OS/c1-11-12(2)23-16(18-11)17(22)21(3)15-10-9-14(19-20-15)13-7-5-4-6-8-13/h4-10H,1-3H3. The van der Waals surface area contributed by atoms with Crippen LogP contribution in [0, 0.1) is 13.8 Å². The van der Waals surface area contributed by atoms with Crippen LogP contribution < -0.4 is 4.90 Å². The molecule has 0 spiro atoms. The minimum atomic E-state index is -0.173. The van der Waals surface area contributed by atoms with E-state index in [4.69, 9.17) is 0 Å². The third-order valence-corrected chi connectivity index (χ3v) is 4.64. The van der Waals surface area contributed by atoms with Crippen molar-refractivity contribution in [3.8, 4) is 11.3 Å². The summed E-state index contributed by atoms with van der Waals surface area (Å²) >= 11 is 1.39. The van der Waals surface area contributed by atoms with Gasteiger partial charge in [0.1, 0.15) is 0 Å². The highest BCUT2D eigenvalue weighted by Crippen LogP contribution is 2.21. The molecule has 23 heavy (non-hydrogen) atoms. The molecule has 0 aliphatic carbocycles. The zero-order valence-corrected chi connectivity index (χ0v) is 14.0. The molecule has 3 aromatic rings. The highest BCUT2D eigenvalue weighted by atomic mass is 32.1. The van der Waals surface area contributed by atoms with Crippen LogP contribution in [0.25, 0.3) is 11.3 Å². The molecule has 0 aliphatic heterocycles. The number of hydrogen-bond donors (Lipinski definition) is 0. The summed E-state index contributed by atoms with van der Waals surface area (Å²) in [6.45, 7) is 3.86. The molecule has 0 saturated heterocycles. The van der Waals surface area contributed by atoms with Gasteiger partial charge in [0.05, 0.1) is 11.4 Å². The maximum atomic E-state index is 12.5. The SMILES string of the molecule is Cc1nc(C(=O)N(C)c2ccc(-c3ccccc3)nn2)sc1C. The molecule has 1 amide bonds. The van der Waals surface area contributed by atoms with E-state index in [-0.39, 0.29) is 5.91 Å². The fourth-order valence-corrected chi connectivity index (χ4v) is 2.97. The number of carbonyl (C=O) groups excluding carboxylic acids is 1. The van der Waals surface area contributed by atoms with Crippen LogP contribution in [-0.2, 0) is 0 Å². The average Bonchev–Trinajstić information content (AvgIpc) is 2.93. The number of rotatable bonds is 3. The van der Waals surface area contributed by atoms with E-state index in [2.05, 4.69) is 15.2 Å². The molecule has 0 aliphatic rings. The van der Waals surface area contributed by atoms with E-state index in [1.165, 1.54) is 16.2 Å². The smallest absolute Gasteiger partial charge is 0.288 e. The molecule has 0 atom stereocenters. The number of carbonyl (C=O) groups is 1. The normalized spacial score (nSPS) is 10.6. The highest BCUT2D eigenvalue weighted by molar-refractivity contribution is 7.13. The molecule has 0 unspecified atom stereocenters. The monoisotopic (exact) mass is 324 g/mol. The summed E-state index contributed by atoms with van der Waals surface area (Å²) in [5, 5.41) is 8.84. The van der Waals surface area contributed by atoms with Crippen molar-refractivity contribution in [1.82, 2.24) is 15.2 Å². The number of benzene rings is 1. The lowest BCUT2D eigenvalue weighted by Crippen LogP contribution is -2.27. The lowest BCUT2D eigenvalue weighted by Gasteiger charge is -2.14. The first-order valence-electron chi connectivity index (χ1n) is 7.17. The summed E-state index contributed by atoms with van der Waals surface area (Å²) in [7, 11) is 1.68. The van der Waals surface area contributed by atoms with E-state index in [1.807, 2.05) is 50.2 Å². The molecule has 2 heterocycles. The molecule has 0 N–H and O–H groups in total. The molecule has 5 nitrogen and oxygen atoms in total. The zero-order chi connectivity index (χ0) is 16.4. The third-order valence-electron chi connectivity index (χ3n) is 3.58. The molecule has 3 rings (SSSR count). The second-order valence-corrected chi connectivity index (χ2v) is 6.37. The van der Waals surface area contributed by atoms with Crippen molar-refractivity contribution in [2.45, 2.75) is 13.8 Å². The van der Waals surface area contributed by atoms with Gasteiger partial charge in [-0.15, -0.1) is 21.5 Å². The van der Waals surface area contributed by atoms with Crippen LogP contribution in [0.3, 0.4) is 0 Å². The highest BCUT2D eigenvalue weighted by Gasteiger charge is 2.19. The molecular weight excluding hydrogens is 308 g/mol. The van der Waals surface area contributed by atoms with Gasteiger partial charge in [0, 0.05) is 17.5 Å². The molecule has 2 aromatic heterocycles. The fraction of sp³-hybridized carbons (Fsp3) is 0.176. The lowest BCUT2D eigenvalue weighted by molar-refractivity contribution is 0.0991. The van der Waals surface area contributed by atoms with Crippen LogP contribution >= 0.6 is 11.3 Å². The molecule has 1 aromatic carbocycles. The van der Waals surface area contributed by atoms with Crippen molar-refractivity contribution in [2.75, 3.05) is 11.9 Å². The van der Waals surface area contributed by atoms with Crippen LogP contribution in [0.5, 0.6) is 0 Å². The van der Waals surface area contributed by atoms with Crippen molar-refractivity contribution < 1.29 is 4.79 Å². The largest absolute Gasteiger partial charge is 0.292 e. The van der Waals surface area contributed by atoms with Gasteiger partial charge in [0.25, 0.3) is 5.91 Å². The maximum absolute atomic E-state index is 12.5.